The molecule has 1 N–H and O–H groups in total. The number of rotatable bonds is 7. The molecule has 2 aromatic carbocycles. The highest BCUT2D eigenvalue weighted by molar-refractivity contribution is 8.15. The van der Waals surface area contributed by atoms with Crippen LogP contribution >= 0.6 is 11.8 Å². The molecule has 29 heavy (non-hydrogen) atoms. The van der Waals surface area contributed by atoms with Gasteiger partial charge in [-0.2, -0.15) is 0 Å². The molecule has 1 atom stereocenters. The molecular weight excluding hydrogens is 382 g/mol. The van der Waals surface area contributed by atoms with Crippen LogP contribution in [-0.2, 0) is 16.0 Å². The minimum absolute atomic E-state index is 0.0965. The van der Waals surface area contributed by atoms with E-state index in [1.54, 1.807) is 11.0 Å². The molecule has 1 fully saturated rings. The van der Waals surface area contributed by atoms with Crippen molar-refractivity contribution in [2.45, 2.75) is 31.9 Å². The summed E-state index contributed by atoms with van der Waals surface area (Å²) in [5, 5.41) is 3.01. The van der Waals surface area contributed by atoms with Crippen LogP contribution in [0.5, 0.6) is 0 Å². The second kappa shape index (κ2) is 9.56. The monoisotopic (exact) mass is 407 g/mol. The molecule has 2 amide bonds. The molecule has 1 saturated heterocycles. The summed E-state index contributed by atoms with van der Waals surface area (Å²) in [6, 6.07) is 15.5. The minimum atomic E-state index is -0.493. The van der Waals surface area contributed by atoms with Crippen molar-refractivity contribution in [3.05, 3.63) is 72.3 Å². The molecule has 0 bridgehead atoms. The van der Waals surface area contributed by atoms with Gasteiger partial charge < -0.3 is 5.32 Å². The molecular formula is C23H25N3O2S. The lowest BCUT2D eigenvalue weighted by Gasteiger charge is -2.14. The van der Waals surface area contributed by atoms with Gasteiger partial charge in [-0.15, -0.1) is 6.58 Å². The van der Waals surface area contributed by atoms with Crippen LogP contribution in [0.2, 0.25) is 0 Å². The largest absolute Gasteiger partial charge is 0.326 e. The van der Waals surface area contributed by atoms with Gasteiger partial charge in [0.2, 0.25) is 11.8 Å². The van der Waals surface area contributed by atoms with Crippen molar-refractivity contribution in [3.8, 4) is 0 Å². The number of benzene rings is 2. The Balaban J connectivity index is 1.74. The summed E-state index contributed by atoms with van der Waals surface area (Å²) >= 11 is 1.33. The number of hydrogen-bond acceptors (Lipinski definition) is 4. The average Bonchev–Trinajstić information content (AvgIpc) is 2.99. The fourth-order valence-corrected chi connectivity index (χ4v) is 4.19. The number of hydrogen-bond donors (Lipinski definition) is 1. The Morgan fingerprint density at radius 3 is 2.62 bits per heavy atom. The molecule has 3 rings (SSSR count). The van der Waals surface area contributed by atoms with Crippen LogP contribution in [-0.4, -0.2) is 33.7 Å². The SMILES string of the molecule is C=CCN1C(=O)[C@H](CC(=O)Nc2ccccc2C)SC1=Nc1ccc(CC)cc1. The fraction of sp³-hybridized carbons (Fsp3) is 0.261. The van der Waals surface area contributed by atoms with Crippen molar-refractivity contribution in [1.82, 2.24) is 4.90 Å². The normalized spacial score (nSPS) is 17.6. The summed E-state index contributed by atoms with van der Waals surface area (Å²) in [7, 11) is 0. The number of aliphatic imine (C=N–C) groups is 1. The predicted octanol–water partition coefficient (Wildman–Crippen LogP) is 4.70. The van der Waals surface area contributed by atoms with Crippen LogP contribution in [0.15, 0.2) is 66.2 Å². The van der Waals surface area contributed by atoms with Crippen LogP contribution < -0.4 is 5.32 Å². The molecule has 1 aliphatic rings. The lowest BCUT2D eigenvalue weighted by Crippen LogP contribution is -2.33. The molecule has 0 aliphatic carbocycles. The standard InChI is InChI=1S/C23H25N3O2S/c1-4-14-26-22(28)20(15-21(27)25-19-9-7-6-8-16(19)3)29-23(26)24-18-12-10-17(5-2)11-13-18/h4,6-13,20H,1,5,14-15H2,2-3H3,(H,25,27)/t20-/m0/s1. The summed E-state index contributed by atoms with van der Waals surface area (Å²) in [4.78, 5) is 31.6. The van der Waals surface area contributed by atoms with Crippen molar-refractivity contribution in [2.75, 3.05) is 11.9 Å². The highest BCUT2D eigenvalue weighted by Crippen LogP contribution is 2.32. The van der Waals surface area contributed by atoms with Crippen molar-refractivity contribution in [3.63, 3.8) is 0 Å². The maximum atomic E-state index is 12.8. The molecule has 0 radical (unpaired) electrons. The van der Waals surface area contributed by atoms with Crippen molar-refractivity contribution >= 4 is 40.1 Å². The number of amidine groups is 1. The van der Waals surface area contributed by atoms with Gasteiger partial charge in [-0.1, -0.05) is 55.1 Å². The first-order valence-corrected chi connectivity index (χ1v) is 10.5. The van der Waals surface area contributed by atoms with Gasteiger partial charge in [0.15, 0.2) is 5.17 Å². The summed E-state index contributed by atoms with van der Waals surface area (Å²) < 4.78 is 0. The number of nitrogens with zero attached hydrogens (tertiary/aromatic N) is 2. The number of nitrogens with one attached hydrogen (secondary N) is 1. The Morgan fingerprint density at radius 1 is 1.24 bits per heavy atom. The van der Waals surface area contributed by atoms with E-state index in [1.165, 1.54) is 17.3 Å². The van der Waals surface area contributed by atoms with Crippen LogP contribution in [0.3, 0.4) is 0 Å². The molecule has 0 saturated carbocycles. The lowest BCUT2D eigenvalue weighted by atomic mass is 10.2. The van der Waals surface area contributed by atoms with E-state index in [1.807, 2.05) is 55.5 Å². The highest BCUT2D eigenvalue weighted by Gasteiger charge is 2.38. The Morgan fingerprint density at radius 2 is 1.97 bits per heavy atom. The molecule has 1 heterocycles. The second-order valence-electron chi connectivity index (χ2n) is 6.83. The van der Waals surface area contributed by atoms with Gasteiger partial charge in [0.1, 0.15) is 5.25 Å². The van der Waals surface area contributed by atoms with Gasteiger partial charge in [0.05, 0.1) is 5.69 Å². The summed E-state index contributed by atoms with van der Waals surface area (Å²) in [5.41, 5.74) is 3.77. The zero-order valence-corrected chi connectivity index (χ0v) is 17.5. The van der Waals surface area contributed by atoms with E-state index in [9.17, 15) is 9.59 Å². The first kappa shape index (κ1) is 20.9. The summed E-state index contributed by atoms with van der Waals surface area (Å²) in [5.74, 6) is -0.295. The molecule has 0 unspecified atom stereocenters. The second-order valence-corrected chi connectivity index (χ2v) is 8.00. The Bertz CT molecular complexity index is 937. The van der Waals surface area contributed by atoms with E-state index >= 15 is 0 Å². The average molecular weight is 408 g/mol. The lowest BCUT2D eigenvalue weighted by molar-refractivity contribution is -0.127. The zero-order valence-electron chi connectivity index (χ0n) is 16.7. The highest BCUT2D eigenvalue weighted by atomic mass is 32.2. The van der Waals surface area contributed by atoms with E-state index in [4.69, 9.17) is 0 Å². The molecule has 150 valence electrons. The van der Waals surface area contributed by atoms with Crippen LogP contribution in [0, 0.1) is 6.92 Å². The first-order chi connectivity index (χ1) is 14.0. The minimum Gasteiger partial charge on any atom is -0.326 e. The van der Waals surface area contributed by atoms with Crippen LogP contribution in [0.4, 0.5) is 11.4 Å². The number of para-hydroxylation sites is 1. The maximum absolute atomic E-state index is 12.8. The molecule has 0 aromatic heterocycles. The smallest absolute Gasteiger partial charge is 0.242 e. The van der Waals surface area contributed by atoms with Crippen LogP contribution in [0.25, 0.3) is 0 Å². The van der Waals surface area contributed by atoms with Crippen molar-refractivity contribution in [2.24, 2.45) is 4.99 Å². The molecule has 6 heteroatoms. The molecule has 2 aromatic rings. The van der Waals surface area contributed by atoms with Gasteiger partial charge >= 0.3 is 0 Å². The van der Waals surface area contributed by atoms with Gasteiger partial charge in [0, 0.05) is 18.7 Å². The van der Waals surface area contributed by atoms with Gasteiger partial charge in [-0.05, 0) is 42.7 Å². The predicted molar refractivity (Wildman–Crippen MR) is 121 cm³/mol. The summed E-state index contributed by atoms with van der Waals surface area (Å²) in [6.07, 6.45) is 2.73. The zero-order chi connectivity index (χ0) is 20.8. The third-order valence-electron chi connectivity index (χ3n) is 4.69. The Labute approximate surface area is 175 Å². The number of aryl methyl sites for hydroxylation is 2. The molecule has 0 spiro atoms. The Kier molecular flexibility index (Phi) is 6.88. The van der Waals surface area contributed by atoms with E-state index in [2.05, 4.69) is 23.8 Å². The molecule has 1 aliphatic heterocycles. The number of thioether (sulfide) groups is 1. The van der Waals surface area contributed by atoms with Gasteiger partial charge in [0.25, 0.3) is 0 Å². The number of carbonyl (C=O) groups excluding carboxylic acids is 2. The van der Waals surface area contributed by atoms with Crippen LogP contribution in [0.1, 0.15) is 24.5 Å². The fourth-order valence-electron chi connectivity index (χ4n) is 3.02. The first-order valence-electron chi connectivity index (χ1n) is 9.64. The summed E-state index contributed by atoms with van der Waals surface area (Å²) in [6.45, 7) is 8.14. The number of anilines is 1. The van der Waals surface area contributed by atoms with E-state index in [0.717, 1.165) is 23.4 Å². The van der Waals surface area contributed by atoms with E-state index < -0.39 is 5.25 Å². The van der Waals surface area contributed by atoms with Gasteiger partial charge in [-0.25, -0.2) is 4.99 Å². The number of carbonyl (C=O) groups is 2. The van der Waals surface area contributed by atoms with Gasteiger partial charge in [-0.3, -0.25) is 14.5 Å². The third kappa shape index (κ3) is 5.15. The third-order valence-corrected chi connectivity index (χ3v) is 5.87. The topological polar surface area (TPSA) is 61.8 Å². The van der Waals surface area contributed by atoms with Crippen molar-refractivity contribution < 1.29 is 9.59 Å². The van der Waals surface area contributed by atoms with E-state index in [-0.39, 0.29) is 18.2 Å². The van der Waals surface area contributed by atoms with Crippen molar-refractivity contribution in [1.29, 1.82) is 0 Å². The quantitative estimate of drug-likeness (QED) is 0.677. The number of amides is 2. The van der Waals surface area contributed by atoms with E-state index in [0.29, 0.717) is 11.7 Å². The molecule has 5 nitrogen and oxygen atoms in total. The maximum Gasteiger partial charge on any atom is 0.242 e. The Hall–Kier alpha value is -2.86.